The van der Waals surface area contributed by atoms with Crippen molar-refractivity contribution in [1.29, 1.82) is 0 Å². The van der Waals surface area contributed by atoms with Gasteiger partial charge >= 0.3 is 0 Å². The highest BCUT2D eigenvalue weighted by Gasteiger charge is 2.55. The molecule has 0 aromatic heterocycles. The number of anilines is 1. The second-order valence-electron chi connectivity index (χ2n) is 6.75. The molecule has 0 radical (unpaired) electrons. The number of rotatable bonds is 6. The summed E-state index contributed by atoms with van der Waals surface area (Å²) >= 11 is 0. The molecule has 1 aliphatic heterocycles. The number of hydrogen-bond donors (Lipinski definition) is 1. The van der Waals surface area contributed by atoms with Crippen LogP contribution in [0.1, 0.15) is 57.9 Å². The van der Waals surface area contributed by atoms with Crippen LogP contribution in [0, 0.1) is 11.8 Å². The van der Waals surface area contributed by atoms with Gasteiger partial charge in [-0.15, -0.1) is 0 Å². The molecule has 2 fully saturated rings. The summed E-state index contributed by atoms with van der Waals surface area (Å²) in [6.07, 6.45) is 5.52. The molecule has 3 rings (SSSR count). The summed E-state index contributed by atoms with van der Waals surface area (Å²) in [5.41, 5.74) is 8.27. The van der Waals surface area contributed by atoms with Crippen molar-refractivity contribution in [3.63, 3.8) is 0 Å². The van der Waals surface area contributed by atoms with E-state index in [-0.39, 0.29) is 0 Å². The first-order chi connectivity index (χ1) is 11.7. The Morgan fingerprint density at radius 1 is 1.08 bits per heavy atom. The highest BCUT2D eigenvalue weighted by atomic mass is 16.4. The lowest BCUT2D eigenvalue weighted by Gasteiger charge is -2.19. The number of nitrogens with zero attached hydrogens (tertiary/aromatic N) is 1. The van der Waals surface area contributed by atoms with E-state index in [2.05, 4.69) is 34.8 Å². The standard InChI is InChI=1S/C17H26N2.C2H6O.C2H6/c1-2-3-4-5-9-19-11-15-16(12-19)17(15)13-7-6-8-14(18)10-13;1-3-2;1-2/h6-8,10,15-17H,2-5,9,11-12,18H2,1H3;1-2H3;1-2H3. The molecule has 2 atom stereocenters. The molecule has 24 heavy (non-hydrogen) atoms. The van der Waals surface area contributed by atoms with Gasteiger partial charge < -0.3 is 15.4 Å². The number of fused-ring (bicyclic) bond motifs is 1. The summed E-state index contributed by atoms with van der Waals surface area (Å²) in [6.45, 7) is 10.2. The van der Waals surface area contributed by atoms with Crippen LogP contribution in [0.2, 0.25) is 0 Å². The van der Waals surface area contributed by atoms with Gasteiger partial charge in [0.2, 0.25) is 0 Å². The first-order valence-corrected chi connectivity index (χ1v) is 9.69. The quantitative estimate of drug-likeness (QED) is 0.601. The number of likely N-dealkylation sites (tertiary alicyclic amines) is 1. The molecule has 2 aliphatic rings. The average Bonchev–Trinajstić information content (AvgIpc) is 3.10. The van der Waals surface area contributed by atoms with Gasteiger partial charge in [0.25, 0.3) is 0 Å². The van der Waals surface area contributed by atoms with E-state index in [4.69, 9.17) is 5.73 Å². The average molecular weight is 335 g/mol. The third-order valence-electron chi connectivity index (χ3n) is 4.89. The smallest absolute Gasteiger partial charge is 0.0351 e. The minimum atomic E-state index is 0.801. The lowest BCUT2D eigenvalue weighted by molar-refractivity contribution is 0.277. The number of benzene rings is 1. The number of methoxy groups -OCH3 is 1. The molecule has 3 heteroatoms. The summed E-state index contributed by atoms with van der Waals surface area (Å²) in [5.74, 6) is 2.62. The molecule has 1 saturated carbocycles. The summed E-state index contributed by atoms with van der Waals surface area (Å²) < 4.78 is 4.25. The van der Waals surface area contributed by atoms with Crippen LogP contribution < -0.4 is 5.73 Å². The predicted molar refractivity (Wildman–Crippen MR) is 105 cm³/mol. The molecule has 1 heterocycles. The number of nitrogens with two attached hydrogens (primary N) is 1. The van der Waals surface area contributed by atoms with Gasteiger partial charge in [0, 0.05) is 33.0 Å². The van der Waals surface area contributed by atoms with Gasteiger partial charge in [-0.3, -0.25) is 0 Å². The van der Waals surface area contributed by atoms with Crippen molar-refractivity contribution < 1.29 is 4.74 Å². The maximum Gasteiger partial charge on any atom is 0.0351 e. The molecular weight excluding hydrogens is 296 g/mol. The SMILES string of the molecule is CC.CCCCCCN1CC2C(C1)C2c1cccc(N)c1.COC. The summed E-state index contributed by atoms with van der Waals surface area (Å²) in [7, 11) is 3.25. The Bertz CT molecular complexity index is 437. The largest absolute Gasteiger partial charge is 0.399 e. The lowest BCUT2D eigenvalue weighted by Crippen LogP contribution is -2.25. The lowest BCUT2D eigenvalue weighted by atomic mass is 10.1. The van der Waals surface area contributed by atoms with Gasteiger partial charge in [-0.25, -0.2) is 0 Å². The topological polar surface area (TPSA) is 38.5 Å². The molecule has 1 aromatic rings. The van der Waals surface area contributed by atoms with E-state index >= 15 is 0 Å². The fourth-order valence-corrected chi connectivity index (χ4v) is 3.82. The first-order valence-electron chi connectivity index (χ1n) is 9.69. The van der Waals surface area contributed by atoms with Crippen molar-refractivity contribution in [1.82, 2.24) is 4.90 Å². The van der Waals surface area contributed by atoms with Crippen LogP contribution >= 0.6 is 0 Å². The van der Waals surface area contributed by atoms with Crippen molar-refractivity contribution in [2.24, 2.45) is 11.8 Å². The van der Waals surface area contributed by atoms with Crippen molar-refractivity contribution in [2.75, 3.05) is 39.6 Å². The maximum absolute atomic E-state index is 5.89. The molecule has 3 nitrogen and oxygen atoms in total. The Balaban J connectivity index is 0.000000521. The van der Waals surface area contributed by atoms with Crippen LogP contribution in [-0.2, 0) is 4.74 Å². The molecule has 0 bridgehead atoms. The molecule has 1 aliphatic carbocycles. The molecule has 0 spiro atoms. The fourth-order valence-electron chi connectivity index (χ4n) is 3.82. The van der Waals surface area contributed by atoms with E-state index in [9.17, 15) is 0 Å². The Kier molecular flexibility index (Phi) is 10.0. The second kappa shape index (κ2) is 11.5. The van der Waals surface area contributed by atoms with Gasteiger partial charge in [0.05, 0.1) is 0 Å². The summed E-state index contributed by atoms with van der Waals surface area (Å²) in [5, 5.41) is 0. The maximum atomic E-state index is 5.89. The van der Waals surface area contributed by atoms with Gasteiger partial charge in [0.15, 0.2) is 0 Å². The van der Waals surface area contributed by atoms with Crippen molar-refractivity contribution in [3.05, 3.63) is 29.8 Å². The zero-order valence-corrected chi connectivity index (χ0v) is 16.4. The van der Waals surface area contributed by atoms with Gasteiger partial charge in [-0.1, -0.05) is 52.2 Å². The van der Waals surface area contributed by atoms with Crippen LogP contribution in [0.25, 0.3) is 0 Å². The monoisotopic (exact) mass is 334 g/mol. The van der Waals surface area contributed by atoms with Crippen LogP contribution in [0.15, 0.2) is 24.3 Å². The highest BCUT2D eigenvalue weighted by molar-refractivity contribution is 5.44. The minimum absolute atomic E-state index is 0.801. The molecular formula is C21H38N2O. The molecule has 1 aromatic carbocycles. The Labute approximate surface area is 149 Å². The molecule has 138 valence electrons. The van der Waals surface area contributed by atoms with Gasteiger partial charge in [-0.05, 0) is 48.4 Å². The Morgan fingerprint density at radius 2 is 1.71 bits per heavy atom. The highest BCUT2D eigenvalue weighted by Crippen LogP contribution is 2.58. The number of unbranched alkanes of at least 4 members (excludes halogenated alkanes) is 3. The molecule has 1 saturated heterocycles. The normalized spacial score (nSPS) is 24.3. The van der Waals surface area contributed by atoms with E-state index < -0.39 is 0 Å². The first kappa shape index (κ1) is 21.0. The van der Waals surface area contributed by atoms with E-state index in [1.54, 1.807) is 14.2 Å². The Morgan fingerprint density at radius 3 is 2.25 bits per heavy atom. The van der Waals surface area contributed by atoms with E-state index in [1.807, 2.05) is 19.9 Å². The summed E-state index contributed by atoms with van der Waals surface area (Å²) in [6, 6.07) is 8.52. The van der Waals surface area contributed by atoms with Gasteiger partial charge in [-0.2, -0.15) is 0 Å². The van der Waals surface area contributed by atoms with Crippen molar-refractivity contribution in [3.8, 4) is 0 Å². The third-order valence-corrected chi connectivity index (χ3v) is 4.89. The summed E-state index contributed by atoms with van der Waals surface area (Å²) in [4.78, 5) is 2.67. The molecule has 0 amide bonds. The van der Waals surface area contributed by atoms with Crippen LogP contribution in [-0.4, -0.2) is 38.8 Å². The van der Waals surface area contributed by atoms with E-state index in [0.29, 0.717) is 0 Å². The Hall–Kier alpha value is -1.06. The van der Waals surface area contributed by atoms with Gasteiger partial charge in [0.1, 0.15) is 0 Å². The van der Waals surface area contributed by atoms with Crippen molar-refractivity contribution >= 4 is 5.69 Å². The van der Waals surface area contributed by atoms with E-state index in [1.165, 1.54) is 50.9 Å². The zero-order valence-electron chi connectivity index (χ0n) is 16.4. The van der Waals surface area contributed by atoms with Crippen LogP contribution in [0.4, 0.5) is 5.69 Å². The second-order valence-corrected chi connectivity index (χ2v) is 6.75. The molecule has 2 unspecified atom stereocenters. The number of piperidine rings is 1. The van der Waals surface area contributed by atoms with E-state index in [0.717, 1.165) is 23.4 Å². The zero-order chi connectivity index (χ0) is 17.9. The third kappa shape index (κ3) is 6.10. The minimum Gasteiger partial charge on any atom is -0.399 e. The molecule has 2 N–H and O–H groups in total. The predicted octanol–water partition coefficient (Wildman–Crippen LogP) is 4.78. The number of nitrogen functional groups attached to an aromatic ring is 1. The fraction of sp³-hybridized carbons (Fsp3) is 0.714. The number of hydrogen-bond acceptors (Lipinski definition) is 3. The van der Waals surface area contributed by atoms with Crippen LogP contribution in [0.5, 0.6) is 0 Å². The van der Waals surface area contributed by atoms with Crippen LogP contribution in [0.3, 0.4) is 0 Å². The number of ether oxygens (including phenoxy) is 1. The van der Waals surface area contributed by atoms with Crippen molar-refractivity contribution in [2.45, 2.75) is 52.4 Å².